The minimum atomic E-state index is -0.206. The summed E-state index contributed by atoms with van der Waals surface area (Å²) in [6, 6.07) is 5.17. The molecule has 22 heavy (non-hydrogen) atoms. The molecular weight excluding hydrogens is 304 g/mol. The van der Waals surface area contributed by atoms with E-state index in [4.69, 9.17) is 16.3 Å². The average Bonchev–Trinajstić information content (AvgIpc) is 3.11. The fourth-order valence-corrected chi connectivity index (χ4v) is 2.91. The molecule has 0 aliphatic carbocycles. The Hall–Kier alpha value is -1.85. The van der Waals surface area contributed by atoms with Gasteiger partial charge in [-0.25, -0.2) is 0 Å². The molecule has 1 N–H and O–H groups in total. The summed E-state index contributed by atoms with van der Waals surface area (Å²) in [4.78, 5) is 24.2. The Morgan fingerprint density at radius 3 is 2.95 bits per heavy atom. The van der Waals surface area contributed by atoms with E-state index in [0.717, 1.165) is 19.4 Å². The Labute approximate surface area is 133 Å². The van der Waals surface area contributed by atoms with Crippen molar-refractivity contribution >= 4 is 34.3 Å². The molecule has 2 heterocycles. The Balaban J connectivity index is 1.89. The number of hydrogen-bond donors (Lipinski definition) is 1. The Morgan fingerprint density at radius 1 is 1.45 bits per heavy atom. The van der Waals surface area contributed by atoms with Crippen molar-refractivity contribution in [2.45, 2.75) is 25.9 Å². The van der Waals surface area contributed by atoms with Crippen LogP contribution in [0.1, 0.15) is 34.9 Å². The highest BCUT2D eigenvalue weighted by Crippen LogP contribution is 2.25. The first-order valence-corrected chi connectivity index (χ1v) is 7.65. The van der Waals surface area contributed by atoms with E-state index in [2.05, 4.69) is 5.32 Å². The van der Waals surface area contributed by atoms with Crippen LogP contribution in [-0.2, 0) is 4.74 Å². The topological polar surface area (TPSA) is 60.3 Å². The molecule has 5 nitrogen and oxygen atoms in total. The molecule has 1 fully saturated rings. The molecule has 1 aromatic carbocycles. The number of carbonyl (C=O) groups is 2. The quantitative estimate of drug-likeness (QED) is 0.946. The van der Waals surface area contributed by atoms with E-state index in [1.165, 1.54) is 11.5 Å². The molecule has 0 spiro atoms. The number of ether oxygens (including phenoxy) is 1. The van der Waals surface area contributed by atoms with Crippen LogP contribution in [0.2, 0.25) is 5.02 Å². The molecule has 1 aliphatic rings. The Bertz CT molecular complexity index is 732. The minimum absolute atomic E-state index is 0.0829. The maximum absolute atomic E-state index is 12.4. The lowest BCUT2D eigenvalue weighted by atomic mass is 10.1. The average molecular weight is 321 g/mol. The van der Waals surface area contributed by atoms with E-state index in [1.807, 2.05) is 0 Å². The molecule has 1 unspecified atom stereocenters. The van der Waals surface area contributed by atoms with Gasteiger partial charge in [0, 0.05) is 36.7 Å². The van der Waals surface area contributed by atoms with Crippen LogP contribution < -0.4 is 5.32 Å². The number of aromatic nitrogens is 1. The van der Waals surface area contributed by atoms with E-state index >= 15 is 0 Å². The van der Waals surface area contributed by atoms with Crippen LogP contribution >= 0.6 is 11.6 Å². The van der Waals surface area contributed by atoms with E-state index in [-0.39, 0.29) is 17.9 Å². The van der Waals surface area contributed by atoms with Crippen molar-refractivity contribution in [1.82, 2.24) is 9.88 Å². The number of rotatable bonds is 3. The lowest BCUT2D eigenvalue weighted by molar-refractivity contribution is 0.0859. The normalized spacial score (nSPS) is 17.8. The van der Waals surface area contributed by atoms with Gasteiger partial charge in [-0.15, -0.1) is 0 Å². The monoisotopic (exact) mass is 320 g/mol. The predicted octanol–water partition coefficient (Wildman–Crippen LogP) is 2.86. The van der Waals surface area contributed by atoms with Crippen molar-refractivity contribution in [1.29, 1.82) is 0 Å². The van der Waals surface area contributed by atoms with Gasteiger partial charge in [0.25, 0.3) is 5.91 Å². The zero-order valence-corrected chi connectivity index (χ0v) is 13.0. The zero-order chi connectivity index (χ0) is 15.7. The van der Waals surface area contributed by atoms with E-state index in [0.29, 0.717) is 28.0 Å². The molecule has 1 saturated heterocycles. The highest BCUT2D eigenvalue weighted by atomic mass is 35.5. The first kappa shape index (κ1) is 15.1. The lowest BCUT2D eigenvalue weighted by Crippen LogP contribution is -2.31. The van der Waals surface area contributed by atoms with Crippen LogP contribution in [0.15, 0.2) is 24.4 Å². The molecule has 0 bridgehead atoms. The summed E-state index contributed by atoms with van der Waals surface area (Å²) >= 11 is 5.99. The first-order chi connectivity index (χ1) is 10.6. The number of hydrogen-bond acceptors (Lipinski definition) is 3. The SMILES string of the molecule is CC(=O)n1cc(C(=O)NCC2CCCO2)c2ccc(Cl)cc21. The number of nitrogens with zero attached hydrogens (tertiary/aromatic N) is 1. The molecule has 2 aromatic rings. The van der Waals surface area contributed by atoms with Gasteiger partial charge in [0.05, 0.1) is 17.2 Å². The van der Waals surface area contributed by atoms with Crippen LogP contribution in [0.25, 0.3) is 10.9 Å². The number of benzene rings is 1. The molecule has 6 heteroatoms. The fraction of sp³-hybridized carbons (Fsp3) is 0.375. The van der Waals surface area contributed by atoms with Crippen LogP contribution in [0.5, 0.6) is 0 Å². The Kier molecular flexibility index (Phi) is 4.18. The largest absolute Gasteiger partial charge is 0.376 e. The van der Waals surface area contributed by atoms with Gasteiger partial charge < -0.3 is 10.1 Å². The van der Waals surface area contributed by atoms with Crippen LogP contribution in [-0.4, -0.2) is 35.6 Å². The highest BCUT2D eigenvalue weighted by Gasteiger charge is 2.20. The molecule has 116 valence electrons. The second-order valence-corrected chi connectivity index (χ2v) is 5.87. The van der Waals surface area contributed by atoms with Crippen molar-refractivity contribution in [3.8, 4) is 0 Å². The molecule has 1 aliphatic heterocycles. The summed E-state index contributed by atoms with van der Waals surface area (Å²) in [7, 11) is 0. The van der Waals surface area contributed by atoms with E-state index in [9.17, 15) is 9.59 Å². The third-order valence-electron chi connectivity index (χ3n) is 3.87. The van der Waals surface area contributed by atoms with Crippen molar-refractivity contribution in [2.24, 2.45) is 0 Å². The zero-order valence-electron chi connectivity index (χ0n) is 12.3. The van der Waals surface area contributed by atoms with Crippen LogP contribution in [0.4, 0.5) is 0 Å². The van der Waals surface area contributed by atoms with E-state index in [1.54, 1.807) is 24.4 Å². The van der Waals surface area contributed by atoms with Crippen molar-refractivity contribution < 1.29 is 14.3 Å². The molecule has 1 amide bonds. The van der Waals surface area contributed by atoms with Crippen LogP contribution in [0, 0.1) is 0 Å². The molecule has 0 radical (unpaired) electrons. The molecule has 1 aromatic heterocycles. The molecule has 3 rings (SSSR count). The maximum Gasteiger partial charge on any atom is 0.253 e. The second-order valence-electron chi connectivity index (χ2n) is 5.44. The summed E-state index contributed by atoms with van der Waals surface area (Å²) in [5.74, 6) is -0.367. The number of amides is 1. The van der Waals surface area contributed by atoms with Crippen molar-refractivity contribution in [3.05, 3.63) is 35.0 Å². The standard InChI is InChI=1S/C16H17ClN2O3/c1-10(20)19-9-14(13-5-4-11(17)7-15(13)19)16(21)18-8-12-3-2-6-22-12/h4-5,7,9,12H,2-3,6,8H2,1H3,(H,18,21). The van der Waals surface area contributed by atoms with Crippen molar-refractivity contribution in [3.63, 3.8) is 0 Å². The molecule has 1 atom stereocenters. The molecule has 0 saturated carbocycles. The number of fused-ring (bicyclic) bond motifs is 1. The summed E-state index contributed by atoms with van der Waals surface area (Å²) in [5.41, 5.74) is 1.11. The summed E-state index contributed by atoms with van der Waals surface area (Å²) in [6.07, 6.45) is 3.64. The number of carbonyl (C=O) groups excluding carboxylic acids is 2. The summed E-state index contributed by atoms with van der Waals surface area (Å²) < 4.78 is 6.94. The van der Waals surface area contributed by atoms with Gasteiger partial charge in [-0.1, -0.05) is 17.7 Å². The van der Waals surface area contributed by atoms with E-state index < -0.39 is 0 Å². The second kappa shape index (κ2) is 6.10. The maximum atomic E-state index is 12.4. The van der Waals surface area contributed by atoms with Crippen molar-refractivity contribution in [2.75, 3.05) is 13.2 Å². The Morgan fingerprint density at radius 2 is 2.27 bits per heavy atom. The minimum Gasteiger partial charge on any atom is -0.376 e. The summed E-state index contributed by atoms with van der Waals surface area (Å²) in [5, 5.41) is 4.12. The fourth-order valence-electron chi connectivity index (χ4n) is 2.75. The molecular formula is C16H17ClN2O3. The van der Waals surface area contributed by atoms with Crippen LogP contribution in [0.3, 0.4) is 0 Å². The van der Waals surface area contributed by atoms with Gasteiger partial charge in [-0.2, -0.15) is 0 Å². The van der Waals surface area contributed by atoms with Gasteiger partial charge in [-0.05, 0) is 25.0 Å². The number of nitrogens with one attached hydrogen (secondary N) is 1. The predicted molar refractivity (Wildman–Crippen MR) is 84.6 cm³/mol. The lowest BCUT2D eigenvalue weighted by Gasteiger charge is -2.10. The van der Waals surface area contributed by atoms with Gasteiger partial charge in [0.1, 0.15) is 0 Å². The first-order valence-electron chi connectivity index (χ1n) is 7.27. The van der Waals surface area contributed by atoms with Gasteiger partial charge in [-0.3, -0.25) is 14.2 Å². The van der Waals surface area contributed by atoms with Gasteiger partial charge in [0.2, 0.25) is 5.91 Å². The third-order valence-corrected chi connectivity index (χ3v) is 4.10. The van der Waals surface area contributed by atoms with Gasteiger partial charge >= 0.3 is 0 Å². The highest BCUT2D eigenvalue weighted by molar-refractivity contribution is 6.31. The smallest absolute Gasteiger partial charge is 0.253 e. The summed E-state index contributed by atoms with van der Waals surface area (Å²) in [6.45, 7) is 2.69. The van der Waals surface area contributed by atoms with Gasteiger partial charge in [0.15, 0.2) is 0 Å². The third kappa shape index (κ3) is 2.87. The number of halogens is 1.